The SMILES string of the molecule is CCCNC(CCCOCC)CCc1ccnn1C. The summed E-state index contributed by atoms with van der Waals surface area (Å²) >= 11 is 0. The van der Waals surface area contributed by atoms with Gasteiger partial charge in [-0.1, -0.05) is 6.92 Å². The van der Waals surface area contributed by atoms with Crippen LogP contribution in [0.2, 0.25) is 0 Å². The Kier molecular flexibility index (Phi) is 8.50. The average Bonchev–Trinajstić information content (AvgIpc) is 2.82. The molecule has 1 heterocycles. The zero-order valence-electron chi connectivity index (χ0n) is 12.7. The normalized spacial score (nSPS) is 12.8. The molecule has 0 saturated carbocycles. The fourth-order valence-electron chi connectivity index (χ4n) is 2.24. The summed E-state index contributed by atoms with van der Waals surface area (Å²) in [7, 11) is 2.01. The van der Waals surface area contributed by atoms with Crippen LogP contribution in [0.1, 0.15) is 45.2 Å². The van der Waals surface area contributed by atoms with E-state index in [0.717, 1.165) is 32.6 Å². The minimum Gasteiger partial charge on any atom is -0.382 e. The first-order valence-corrected chi connectivity index (χ1v) is 7.55. The molecule has 4 nitrogen and oxygen atoms in total. The monoisotopic (exact) mass is 267 g/mol. The predicted molar refractivity (Wildman–Crippen MR) is 79.3 cm³/mol. The van der Waals surface area contributed by atoms with E-state index in [1.54, 1.807) is 0 Å². The van der Waals surface area contributed by atoms with Crippen LogP contribution in [0.4, 0.5) is 0 Å². The summed E-state index contributed by atoms with van der Waals surface area (Å²) in [5.74, 6) is 0. The van der Waals surface area contributed by atoms with Crippen LogP contribution in [-0.4, -0.2) is 35.6 Å². The molecule has 1 aromatic rings. The summed E-state index contributed by atoms with van der Waals surface area (Å²) < 4.78 is 7.39. The fraction of sp³-hybridized carbons (Fsp3) is 0.800. The van der Waals surface area contributed by atoms with Gasteiger partial charge in [-0.15, -0.1) is 0 Å². The van der Waals surface area contributed by atoms with Crippen molar-refractivity contribution in [2.24, 2.45) is 7.05 Å². The Labute approximate surface area is 117 Å². The maximum Gasteiger partial charge on any atom is 0.0492 e. The number of hydrogen-bond donors (Lipinski definition) is 1. The van der Waals surface area contributed by atoms with Crippen molar-refractivity contribution < 1.29 is 4.74 Å². The molecular formula is C15H29N3O. The summed E-state index contributed by atoms with van der Waals surface area (Å²) in [4.78, 5) is 0. The lowest BCUT2D eigenvalue weighted by molar-refractivity contribution is 0.140. The molecule has 0 radical (unpaired) electrons. The number of ether oxygens (including phenoxy) is 1. The van der Waals surface area contributed by atoms with Crippen LogP contribution in [0.15, 0.2) is 12.3 Å². The summed E-state index contributed by atoms with van der Waals surface area (Å²) in [6, 6.07) is 2.70. The van der Waals surface area contributed by atoms with Gasteiger partial charge in [0.05, 0.1) is 0 Å². The smallest absolute Gasteiger partial charge is 0.0492 e. The van der Waals surface area contributed by atoms with Gasteiger partial charge >= 0.3 is 0 Å². The molecular weight excluding hydrogens is 238 g/mol. The molecule has 0 amide bonds. The van der Waals surface area contributed by atoms with E-state index in [4.69, 9.17) is 4.74 Å². The van der Waals surface area contributed by atoms with E-state index in [1.807, 2.05) is 17.9 Å². The molecule has 1 aromatic heterocycles. The average molecular weight is 267 g/mol. The van der Waals surface area contributed by atoms with Crippen LogP contribution in [0.25, 0.3) is 0 Å². The van der Waals surface area contributed by atoms with E-state index < -0.39 is 0 Å². The van der Waals surface area contributed by atoms with Crippen LogP contribution >= 0.6 is 0 Å². The van der Waals surface area contributed by atoms with Crippen molar-refractivity contribution in [2.45, 2.75) is 52.0 Å². The highest BCUT2D eigenvalue weighted by atomic mass is 16.5. The van der Waals surface area contributed by atoms with Gasteiger partial charge in [-0.25, -0.2) is 0 Å². The molecule has 110 valence electrons. The maximum atomic E-state index is 5.42. The Bertz CT molecular complexity index is 325. The van der Waals surface area contributed by atoms with Gasteiger partial charge in [0, 0.05) is 38.2 Å². The van der Waals surface area contributed by atoms with Crippen LogP contribution in [0.5, 0.6) is 0 Å². The molecule has 4 heteroatoms. The van der Waals surface area contributed by atoms with Crippen LogP contribution in [-0.2, 0) is 18.2 Å². The third-order valence-corrected chi connectivity index (χ3v) is 3.40. The van der Waals surface area contributed by atoms with E-state index in [0.29, 0.717) is 6.04 Å². The molecule has 0 aliphatic rings. The van der Waals surface area contributed by atoms with Crippen molar-refractivity contribution in [2.75, 3.05) is 19.8 Å². The summed E-state index contributed by atoms with van der Waals surface area (Å²) in [5, 5.41) is 7.86. The molecule has 0 spiro atoms. The van der Waals surface area contributed by atoms with Gasteiger partial charge in [-0.2, -0.15) is 5.10 Å². The van der Waals surface area contributed by atoms with Gasteiger partial charge in [-0.05, 0) is 51.6 Å². The van der Waals surface area contributed by atoms with Gasteiger partial charge in [-0.3, -0.25) is 4.68 Å². The van der Waals surface area contributed by atoms with E-state index in [-0.39, 0.29) is 0 Å². The zero-order valence-corrected chi connectivity index (χ0v) is 12.7. The Morgan fingerprint density at radius 3 is 2.84 bits per heavy atom. The molecule has 1 N–H and O–H groups in total. The standard InChI is InChI=1S/C15H29N3O/c1-4-11-16-14(7-6-13-19-5-2)8-9-15-10-12-17-18(15)3/h10,12,14,16H,4-9,11,13H2,1-3H3. The minimum absolute atomic E-state index is 0.593. The van der Waals surface area contributed by atoms with Gasteiger partial charge in [0.1, 0.15) is 0 Å². The molecule has 0 saturated heterocycles. The molecule has 0 aromatic carbocycles. The predicted octanol–water partition coefficient (Wildman–Crippen LogP) is 2.54. The molecule has 0 aliphatic carbocycles. The van der Waals surface area contributed by atoms with Crippen LogP contribution in [0.3, 0.4) is 0 Å². The van der Waals surface area contributed by atoms with Crippen LogP contribution < -0.4 is 5.32 Å². The molecule has 0 bridgehead atoms. The number of hydrogen-bond acceptors (Lipinski definition) is 3. The summed E-state index contributed by atoms with van der Waals surface area (Å²) in [6.45, 7) is 7.07. The van der Waals surface area contributed by atoms with Gasteiger partial charge in [0.2, 0.25) is 0 Å². The van der Waals surface area contributed by atoms with Gasteiger partial charge < -0.3 is 10.1 Å². The second-order valence-electron chi connectivity index (χ2n) is 4.98. The molecule has 0 aliphatic heterocycles. The van der Waals surface area contributed by atoms with Crippen molar-refractivity contribution in [1.29, 1.82) is 0 Å². The third-order valence-electron chi connectivity index (χ3n) is 3.40. The Morgan fingerprint density at radius 1 is 1.37 bits per heavy atom. The number of aryl methyl sites for hydroxylation is 2. The second kappa shape index (κ2) is 9.98. The fourth-order valence-corrected chi connectivity index (χ4v) is 2.24. The van der Waals surface area contributed by atoms with Crippen molar-refractivity contribution >= 4 is 0 Å². The number of nitrogens with one attached hydrogen (secondary N) is 1. The lowest BCUT2D eigenvalue weighted by atomic mass is 10.0. The summed E-state index contributed by atoms with van der Waals surface area (Å²) in [5.41, 5.74) is 1.31. The minimum atomic E-state index is 0.593. The molecule has 0 fully saturated rings. The van der Waals surface area contributed by atoms with Crippen LogP contribution in [0, 0.1) is 0 Å². The molecule has 1 rings (SSSR count). The maximum absolute atomic E-state index is 5.42. The molecule has 19 heavy (non-hydrogen) atoms. The quantitative estimate of drug-likeness (QED) is 0.626. The second-order valence-corrected chi connectivity index (χ2v) is 4.98. The third kappa shape index (κ3) is 6.73. The first-order chi connectivity index (χ1) is 9.27. The Morgan fingerprint density at radius 2 is 2.21 bits per heavy atom. The first-order valence-electron chi connectivity index (χ1n) is 7.55. The van der Waals surface area contributed by atoms with Gasteiger partial charge in [0.25, 0.3) is 0 Å². The lowest BCUT2D eigenvalue weighted by Gasteiger charge is -2.18. The van der Waals surface area contributed by atoms with Crippen molar-refractivity contribution in [3.63, 3.8) is 0 Å². The van der Waals surface area contributed by atoms with E-state index >= 15 is 0 Å². The highest BCUT2D eigenvalue weighted by Gasteiger charge is 2.09. The topological polar surface area (TPSA) is 39.1 Å². The van der Waals surface area contributed by atoms with Gasteiger partial charge in [0.15, 0.2) is 0 Å². The first kappa shape index (κ1) is 16.2. The highest BCUT2D eigenvalue weighted by molar-refractivity contribution is 5.00. The lowest BCUT2D eigenvalue weighted by Crippen LogP contribution is -2.30. The highest BCUT2D eigenvalue weighted by Crippen LogP contribution is 2.08. The van der Waals surface area contributed by atoms with Crippen molar-refractivity contribution in [3.05, 3.63) is 18.0 Å². The van der Waals surface area contributed by atoms with E-state index in [9.17, 15) is 0 Å². The van der Waals surface area contributed by atoms with E-state index in [1.165, 1.54) is 25.0 Å². The molecule has 1 atom stereocenters. The molecule has 1 unspecified atom stereocenters. The van der Waals surface area contributed by atoms with Crippen molar-refractivity contribution in [1.82, 2.24) is 15.1 Å². The number of rotatable bonds is 11. The number of nitrogens with zero attached hydrogens (tertiary/aromatic N) is 2. The largest absolute Gasteiger partial charge is 0.382 e. The number of aromatic nitrogens is 2. The Hall–Kier alpha value is -0.870. The Balaban J connectivity index is 2.29. The van der Waals surface area contributed by atoms with Crippen molar-refractivity contribution in [3.8, 4) is 0 Å². The zero-order chi connectivity index (χ0) is 13.9. The summed E-state index contributed by atoms with van der Waals surface area (Å²) in [6.07, 6.45) is 7.66. The van der Waals surface area contributed by atoms with E-state index in [2.05, 4.69) is 30.3 Å².